The monoisotopic (exact) mass is 1360 g/mol. The smallest absolute Gasteiger partial charge is 0.243 e. The van der Waals surface area contributed by atoms with Crippen molar-refractivity contribution in [1.82, 2.24) is 64.3 Å². The molecule has 3 atom stereocenters. The predicted molar refractivity (Wildman–Crippen MR) is 367 cm³/mol. The van der Waals surface area contributed by atoms with E-state index in [4.69, 9.17) is 16.6 Å². The molecule has 5 aromatic carbocycles. The standard InChI is InChI=1S/C24H27ClN4O3S.C24H26F2N4O2S.C24H28FN5/c1-17-16-26-12-13-29(17)33(31,32)20-6-3-5-19(15-20)22-10-11-27-24(28-22)7-2-4-18-8-9-23(30)21(25)14-18;1-17-16-27-10-11-30(17)33(31,32)22-6-3-5-19(14-22)23-8-9-28-24(29-23)7-2-4-18-12-20(25)15-21(26)13-18;1-18-14-26-10-11-30(18)17-20-12-21(16-27-15-20)23-8-9-28-24(29-23)7-3-5-19-4-2-6-22(25)13-19/h3,5-6,8-11,14-15,17,26,30H,2,4,7,12-13,16H2,1H3;3,5-6,8-9,12-15,17,27H,2,4,7,10-11,16H2,1H3;2,4,6,8-9,12-13,15-16,18,26H,3,5,7,10-11,14,17H2,1H3/t2*17-;18-/m000/s1. The zero-order chi connectivity index (χ0) is 67.6. The van der Waals surface area contributed by atoms with Crippen molar-refractivity contribution in [3.8, 4) is 39.5 Å². The molecule has 0 saturated carbocycles. The quantitative estimate of drug-likeness (QED) is 0.0525. The van der Waals surface area contributed by atoms with E-state index in [1.165, 1.54) is 28.1 Å². The molecule has 0 unspecified atom stereocenters. The van der Waals surface area contributed by atoms with Crippen LogP contribution < -0.4 is 16.0 Å². The van der Waals surface area contributed by atoms with Gasteiger partial charge in [-0.2, -0.15) is 8.61 Å². The fourth-order valence-corrected chi connectivity index (χ4v) is 15.4. The number of rotatable bonds is 21. The number of hydrogen-bond acceptors (Lipinski definition) is 16. The van der Waals surface area contributed by atoms with Gasteiger partial charge in [-0.25, -0.2) is 59.9 Å². The molecule has 0 spiro atoms. The zero-order valence-electron chi connectivity index (χ0n) is 54.1. The molecule has 96 heavy (non-hydrogen) atoms. The Labute approximate surface area is 566 Å². The lowest BCUT2D eigenvalue weighted by Crippen LogP contribution is -2.52. The Kier molecular flexibility index (Phi) is 24.9. The van der Waals surface area contributed by atoms with Crippen LogP contribution >= 0.6 is 11.6 Å². The van der Waals surface area contributed by atoms with Gasteiger partial charge < -0.3 is 21.1 Å². The second kappa shape index (κ2) is 33.8. The van der Waals surface area contributed by atoms with Crippen molar-refractivity contribution >= 4 is 31.6 Å². The number of nitrogens with one attached hydrogen (secondary N) is 3. The van der Waals surface area contributed by atoms with Crippen molar-refractivity contribution in [2.24, 2.45) is 0 Å². The van der Waals surface area contributed by atoms with E-state index >= 15 is 0 Å². The lowest BCUT2D eigenvalue weighted by atomic mass is 10.1. The fourth-order valence-electron chi connectivity index (χ4n) is 11.9. The van der Waals surface area contributed by atoms with Gasteiger partial charge in [0, 0.05) is 157 Å². The van der Waals surface area contributed by atoms with E-state index in [0.717, 1.165) is 98.1 Å². The largest absolute Gasteiger partial charge is 0.506 e. The second-order valence-electron chi connectivity index (χ2n) is 24.3. The summed E-state index contributed by atoms with van der Waals surface area (Å²) >= 11 is 5.98. The van der Waals surface area contributed by atoms with Crippen LogP contribution in [0.4, 0.5) is 13.2 Å². The number of nitrogens with zero attached hydrogens (tertiary/aromatic N) is 10. The summed E-state index contributed by atoms with van der Waals surface area (Å²) in [5.74, 6) is 0.807. The highest BCUT2D eigenvalue weighted by Crippen LogP contribution is 2.29. The zero-order valence-corrected chi connectivity index (χ0v) is 56.5. The topological polar surface area (TPSA) is 225 Å². The maximum absolute atomic E-state index is 13.4. The van der Waals surface area contributed by atoms with Gasteiger partial charge in [-0.1, -0.05) is 54.1 Å². The van der Waals surface area contributed by atoms with Gasteiger partial charge in [-0.15, -0.1) is 0 Å². The van der Waals surface area contributed by atoms with Crippen LogP contribution in [0.25, 0.3) is 33.8 Å². The lowest BCUT2D eigenvalue weighted by molar-refractivity contribution is 0.165. The van der Waals surface area contributed by atoms with Crippen LogP contribution in [-0.2, 0) is 65.1 Å². The summed E-state index contributed by atoms with van der Waals surface area (Å²) in [6.07, 6.45) is 15.3. The first-order valence-corrected chi connectivity index (χ1v) is 35.8. The number of phenols is 1. The first-order valence-electron chi connectivity index (χ1n) is 32.5. The number of aromatic hydroxyl groups is 1. The van der Waals surface area contributed by atoms with E-state index in [1.54, 1.807) is 89.5 Å². The van der Waals surface area contributed by atoms with Gasteiger partial charge >= 0.3 is 0 Å². The van der Waals surface area contributed by atoms with Crippen LogP contribution in [0.15, 0.2) is 174 Å². The third-order valence-electron chi connectivity index (χ3n) is 17.0. The molecule has 0 aliphatic carbocycles. The van der Waals surface area contributed by atoms with E-state index in [-0.39, 0.29) is 33.4 Å². The van der Waals surface area contributed by atoms with Crippen LogP contribution in [0.1, 0.15) is 79.8 Å². The van der Waals surface area contributed by atoms with Gasteiger partial charge in [-0.3, -0.25) is 9.88 Å². The minimum Gasteiger partial charge on any atom is -0.506 e. The summed E-state index contributed by atoms with van der Waals surface area (Å²) in [6.45, 7) is 13.5. The Hall–Kier alpha value is -7.97. The number of benzene rings is 5. The summed E-state index contributed by atoms with van der Waals surface area (Å²) in [5, 5.41) is 19.7. The molecule has 0 bridgehead atoms. The molecule has 4 aromatic heterocycles. The number of halogens is 4. The summed E-state index contributed by atoms with van der Waals surface area (Å²) in [5.41, 5.74) is 8.50. The number of aromatic nitrogens is 7. The number of hydrogen-bond donors (Lipinski definition) is 4. The number of sulfonamides is 2. The first-order chi connectivity index (χ1) is 46.3. The highest BCUT2D eigenvalue weighted by Gasteiger charge is 2.33. The van der Waals surface area contributed by atoms with Gasteiger partial charge in [0.25, 0.3) is 0 Å². The Morgan fingerprint density at radius 1 is 0.479 bits per heavy atom. The minimum absolute atomic E-state index is 0.0760. The SMILES string of the molecule is C[C@H]1CNCCN1Cc1cncc(-c2ccnc(CCCc3cccc(F)c3)n2)c1.C[C@H]1CNCCN1S(=O)(=O)c1cccc(-c2ccnc(CCCc3cc(F)cc(F)c3)n2)c1.C[C@H]1CNCCN1S(=O)(=O)c1cccc(-c2ccnc(CCCc3ccc(O)c(Cl)c3)n2)c1. The van der Waals surface area contributed by atoms with Gasteiger partial charge in [0.2, 0.25) is 20.0 Å². The normalized spacial score (nSPS) is 17.2. The summed E-state index contributed by atoms with van der Waals surface area (Å²) in [4.78, 5) is 34.5. The van der Waals surface area contributed by atoms with Crippen LogP contribution in [0.5, 0.6) is 5.75 Å². The molecule has 504 valence electrons. The first kappa shape index (κ1) is 70.8. The van der Waals surface area contributed by atoms with E-state index in [2.05, 4.69) is 63.7 Å². The molecule has 7 heterocycles. The number of piperazine rings is 3. The lowest BCUT2D eigenvalue weighted by Gasteiger charge is -2.33. The Bertz CT molecular complexity index is 4300. The summed E-state index contributed by atoms with van der Waals surface area (Å²) in [7, 11) is -7.20. The van der Waals surface area contributed by atoms with Crippen LogP contribution in [0.2, 0.25) is 5.02 Å². The third kappa shape index (κ3) is 19.6. The van der Waals surface area contributed by atoms with Crippen molar-refractivity contribution in [3.05, 3.63) is 227 Å². The van der Waals surface area contributed by atoms with Crippen LogP contribution in [-0.4, -0.2) is 147 Å². The van der Waals surface area contributed by atoms with E-state index in [1.807, 2.05) is 62.8 Å². The van der Waals surface area contributed by atoms with Crippen molar-refractivity contribution in [3.63, 3.8) is 0 Å². The van der Waals surface area contributed by atoms with Gasteiger partial charge in [-0.05, 0) is 166 Å². The molecule has 3 aliphatic rings. The molecule has 24 heteroatoms. The maximum atomic E-state index is 13.4. The summed E-state index contributed by atoms with van der Waals surface area (Å²) in [6, 6.07) is 37.2. The number of phenolic OH excluding ortho intramolecular Hbond substituents is 1. The maximum Gasteiger partial charge on any atom is 0.243 e. The number of aryl methyl sites for hydroxylation is 6. The Balaban J connectivity index is 0.000000157. The van der Waals surface area contributed by atoms with Crippen molar-refractivity contribution < 1.29 is 35.1 Å². The van der Waals surface area contributed by atoms with Crippen molar-refractivity contribution in [1.29, 1.82) is 0 Å². The molecule has 0 radical (unpaired) electrons. The Morgan fingerprint density at radius 3 is 1.45 bits per heavy atom. The molecule has 0 amide bonds. The average Bonchev–Trinajstić information content (AvgIpc) is 0.846. The van der Waals surface area contributed by atoms with E-state index < -0.39 is 31.7 Å². The highest BCUT2D eigenvalue weighted by molar-refractivity contribution is 7.89. The molecule has 18 nitrogen and oxygen atoms in total. The van der Waals surface area contributed by atoms with Crippen molar-refractivity contribution in [2.75, 3.05) is 58.9 Å². The van der Waals surface area contributed by atoms with Crippen molar-refractivity contribution in [2.45, 2.75) is 113 Å². The predicted octanol–water partition coefficient (Wildman–Crippen LogP) is 10.9. The Morgan fingerprint density at radius 2 is 0.948 bits per heavy atom. The van der Waals surface area contributed by atoms with E-state index in [0.29, 0.717) is 110 Å². The minimum atomic E-state index is -3.62. The molecular formula is C72H81ClF3N13O5S2. The van der Waals surface area contributed by atoms with Gasteiger partial charge in [0.05, 0.1) is 31.9 Å². The molecule has 12 rings (SSSR count). The van der Waals surface area contributed by atoms with Crippen LogP contribution in [0, 0.1) is 17.5 Å². The second-order valence-corrected chi connectivity index (χ2v) is 28.5. The third-order valence-corrected chi connectivity index (χ3v) is 21.3. The van der Waals surface area contributed by atoms with E-state index in [9.17, 15) is 35.1 Å². The van der Waals surface area contributed by atoms with Crippen LogP contribution in [0.3, 0.4) is 0 Å². The fraction of sp³-hybridized carbons (Fsp3) is 0.347. The molecule has 3 saturated heterocycles. The molecule has 3 fully saturated rings. The highest BCUT2D eigenvalue weighted by atomic mass is 35.5. The van der Waals surface area contributed by atoms with Gasteiger partial charge in [0.1, 0.15) is 40.7 Å². The van der Waals surface area contributed by atoms with Gasteiger partial charge in [0.15, 0.2) is 0 Å². The average molecular weight is 1370 g/mol. The molecule has 3 aliphatic heterocycles. The molecular weight excluding hydrogens is 1280 g/mol. The molecule has 9 aromatic rings. The number of pyridine rings is 1. The summed E-state index contributed by atoms with van der Waals surface area (Å²) < 4.78 is 95.9. The molecule has 4 N–H and O–H groups in total.